The Hall–Kier alpha value is -0.805. The smallest absolute Gasteiger partial charge is 0.466 e. The molecule has 0 spiro atoms. The first-order chi connectivity index (χ1) is 5.76. The topological polar surface area (TPSA) is 66.8 Å². The zero-order valence-electron chi connectivity index (χ0n) is 6.99. The molecule has 2 N–H and O–H groups in total. The maximum Gasteiger partial charge on any atom is 0.482 e. The summed E-state index contributed by atoms with van der Waals surface area (Å²) in [6.45, 7) is 0. The average Bonchev–Trinajstić information content (AvgIpc) is 2.56. The van der Waals surface area contributed by atoms with Gasteiger partial charge >= 0.3 is 13.7 Å². The lowest BCUT2D eigenvalue weighted by Crippen LogP contribution is -2.01. The molecule has 1 aliphatic carbocycles. The Morgan fingerprint density at radius 1 is 1.67 bits per heavy atom. The number of ether oxygens (including phenoxy) is 1. The van der Waals surface area contributed by atoms with E-state index in [2.05, 4.69) is 4.74 Å². The second-order valence-corrected chi connectivity index (χ2v) is 2.23. The van der Waals surface area contributed by atoms with Crippen LogP contribution in [-0.2, 0) is 9.53 Å². The molecule has 0 atom stereocenters. The van der Waals surface area contributed by atoms with Crippen LogP contribution in [0.4, 0.5) is 0 Å². The number of carbonyl (C=O) groups is 1. The lowest BCUT2D eigenvalue weighted by atomic mass is 10.2. The third-order valence-corrected chi connectivity index (χ3v) is 1.49. The fourth-order valence-electron chi connectivity index (χ4n) is 0.987. The molecule has 0 saturated heterocycles. The summed E-state index contributed by atoms with van der Waals surface area (Å²) in [7, 11) is 1.42. The van der Waals surface area contributed by atoms with Crippen molar-refractivity contribution in [2.75, 3.05) is 7.11 Å². The minimum Gasteiger partial charge on any atom is -0.466 e. The van der Waals surface area contributed by atoms with Crippen LogP contribution in [0.15, 0.2) is 11.6 Å². The van der Waals surface area contributed by atoms with Gasteiger partial charge in [-0.15, -0.1) is 0 Å². The summed E-state index contributed by atoms with van der Waals surface area (Å²) < 4.78 is 4.53. The fraction of sp³-hybridized carbons (Fsp3) is 0.571. The monoisotopic (exact) mass is 171 g/mol. The Balaban J connectivity index is 0.000000354. The van der Waals surface area contributed by atoms with Gasteiger partial charge in [0, 0.05) is 5.57 Å². The first kappa shape index (κ1) is 11.2. The summed E-state index contributed by atoms with van der Waals surface area (Å²) in [5, 5.41) is 14.0. The third kappa shape index (κ3) is 4.15. The highest BCUT2D eigenvalue weighted by atomic mass is 16.5. The summed E-state index contributed by atoms with van der Waals surface area (Å²) in [4.78, 5) is 10.7. The Labute approximate surface area is 72.2 Å². The number of rotatable bonds is 1. The zero-order chi connectivity index (χ0) is 9.40. The first-order valence-electron chi connectivity index (χ1n) is 3.63. The molecule has 4 nitrogen and oxygen atoms in total. The second-order valence-electron chi connectivity index (χ2n) is 2.23. The number of methoxy groups -OCH3 is 1. The van der Waals surface area contributed by atoms with Crippen LogP contribution in [0.3, 0.4) is 0 Å². The summed E-state index contributed by atoms with van der Waals surface area (Å²) in [6.07, 6.45) is 4.98. The predicted molar refractivity (Wildman–Crippen MR) is 44.1 cm³/mol. The molecule has 0 bridgehead atoms. The summed E-state index contributed by atoms with van der Waals surface area (Å²) in [5.74, 6) is -0.160. The van der Waals surface area contributed by atoms with Crippen LogP contribution in [0.2, 0.25) is 0 Å². The maximum absolute atomic E-state index is 10.7. The molecule has 1 aliphatic rings. The van der Waals surface area contributed by atoms with E-state index in [1.165, 1.54) is 7.11 Å². The number of hydrogen-bond donors (Lipinski definition) is 2. The molecule has 0 unspecified atom stereocenters. The molecule has 0 aromatic rings. The quantitative estimate of drug-likeness (QED) is 0.422. The first-order valence-corrected chi connectivity index (χ1v) is 3.63. The van der Waals surface area contributed by atoms with E-state index in [-0.39, 0.29) is 13.7 Å². The lowest BCUT2D eigenvalue weighted by Gasteiger charge is -1.95. The van der Waals surface area contributed by atoms with Crippen molar-refractivity contribution < 1.29 is 19.6 Å². The van der Waals surface area contributed by atoms with E-state index in [9.17, 15) is 4.79 Å². The highest BCUT2D eigenvalue weighted by Gasteiger charge is 2.12. The third-order valence-electron chi connectivity index (χ3n) is 1.49. The van der Waals surface area contributed by atoms with Gasteiger partial charge in [-0.05, 0) is 19.3 Å². The molecule has 0 amide bonds. The number of hydrogen-bond acceptors (Lipinski definition) is 4. The van der Waals surface area contributed by atoms with Gasteiger partial charge < -0.3 is 14.8 Å². The number of esters is 1. The van der Waals surface area contributed by atoms with E-state index >= 15 is 0 Å². The molecule has 0 heterocycles. The number of allylic oxidation sites excluding steroid dienone is 1. The Morgan fingerprint density at radius 3 is 2.58 bits per heavy atom. The van der Waals surface area contributed by atoms with Crippen molar-refractivity contribution >= 4 is 13.7 Å². The molecule has 0 aliphatic heterocycles. The van der Waals surface area contributed by atoms with Gasteiger partial charge in [-0.25, -0.2) is 4.79 Å². The van der Waals surface area contributed by atoms with Crippen molar-refractivity contribution in [3.63, 3.8) is 0 Å². The second kappa shape index (κ2) is 6.88. The molecule has 1 radical (unpaired) electrons. The number of carbonyl (C=O) groups excluding carboxylic acids is 1. The molecular weight excluding hydrogens is 159 g/mol. The van der Waals surface area contributed by atoms with Crippen molar-refractivity contribution in [3.8, 4) is 0 Å². The van der Waals surface area contributed by atoms with Crippen LogP contribution >= 0.6 is 0 Å². The van der Waals surface area contributed by atoms with Crippen molar-refractivity contribution in [3.05, 3.63) is 11.6 Å². The average molecular weight is 171 g/mol. The van der Waals surface area contributed by atoms with Crippen LogP contribution in [0, 0.1) is 0 Å². The van der Waals surface area contributed by atoms with Gasteiger partial charge in [-0.2, -0.15) is 0 Å². The van der Waals surface area contributed by atoms with Gasteiger partial charge in [0.1, 0.15) is 0 Å². The van der Waals surface area contributed by atoms with E-state index in [4.69, 9.17) is 10.0 Å². The van der Waals surface area contributed by atoms with Gasteiger partial charge in [0.05, 0.1) is 7.11 Å². The van der Waals surface area contributed by atoms with Crippen molar-refractivity contribution in [1.82, 2.24) is 0 Å². The lowest BCUT2D eigenvalue weighted by molar-refractivity contribution is -0.136. The largest absolute Gasteiger partial charge is 0.482 e. The van der Waals surface area contributed by atoms with Crippen LogP contribution in [0.25, 0.3) is 0 Å². The van der Waals surface area contributed by atoms with Gasteiger partial charge in [-0.1, -0.05) is 6.08 Å². The fourth-order valence-corrected chi connectivity index (χ4v) is 0.987. The summed E-state index contributed by atoms with van der Waals surface area (Å²) >= 11 is 0. The van der Waals surface area contributed by atoms with Crippen LogP contribution in [-0.4, -0.2) is 30.8 Å². The van der Waals surface area contributed by atoms with Crippen molar-refractivity contribution in [2.24, 2.45) is 0 Å². The van der Waals surface area contributed by atoms with Crippen molar-refractivity contribution in [2.45, 2.75) is 19.3 Å². The highest BCUT2D eigenvalue weighted by molar-refractivity contribution is 6.13. The molecule has 5 heteroatoms. The molecule has 1 rings (SSSR count). The van der Waals surface area contributed by atoms with Crippen LogP contribution in [0.5, 0.6) is 0 Å². The van der Waals surface area contributed by atoms with Crippen LogP contribution < -0.4 is 0 Å². The Morgan fingerprint density at radius 2 is 2.25 bits per heavy atom. The molecule has 0 saturated carbocycles. The van der Waals surface area contributed by atoms with Crippen LogP contribution in [0.1, 0.15) is 19.3 Å². The van der Waals surface area contributed by atoms with E-state index in [1.54, 1.807) is 0 Å². The molecule has 0 aromatic heterocycles. The molecular formula is C7H12BO4. The molecule has 0 aromatic carbocycles. The maximum atomic E-state index is 10.7. The standard InChI is InChI=1S/C7H10O2.BH2O2/c1-9-7(8)6-4-2-3-5-6;2-1-3/h4H,2-3,5H2,1H3;2-3H. The molecule has 12 heavy (non-hydrogen) atoms. The molecule has 67 valence electrons. The van der Waals surface area contributed by atoms with Gasteiger partial charge in [0.2, 0.25) is 0 Å². The van der Waals surface area contributed by atoms with E-state index in [0.717, 1.165) is 24.8 Å². The highest BCUT2D eigenvalue weighted by Crippen LogP contribution is 2.17. The Bertz CT molecular complexity index is 167. The predicted octanol–water partition coefficient (Wildman–Crippen LogP) is -0.225. The van der Waals surface area contributed by atoms with E-state index < -0.39 is 0 Å². The van der Waals surface area contributed by atoms with E-state index in [0.29, 0.717) is 0 Å². The van der Waals surface area contributed by atoms with Gasteiger partial charge in [-0.3, -0.25) is 0 Å². The van der Waals surface area contributed by atoms with E-state index in [1.807, 2.05) is 6.08 Å². The molecule has 0 fully saturated rings. The summed E-state index contributed by atoms with van der Waals surface area (Å²) in [6, 6.07) is 0. The SMILES string of the molecule is COC(=O)C1=CCCC1.O[B]O. The normalized spacial score (nSPS) is 14.1. The van der Waals surface area contributed by atoms with Crippen molar-refractivity contribution in [1.29, 1.82) is 0 Å². The van der Waals surface area contributed by atoms with Gasteiger partial charge in [0.15, 0.2) is 0 Å². The summed E-state index contributed by atoms with van der Waals surface area (Å²) in [5.41, 5.74) is 0.845. The van der Waals surface area contributed by atoms with Gasteiger partial charge in [0.25, 0.3) is 0 Å². The zero-order valence-corrected chi connectivity index (χ0v) is 6.99. The minimum absolute atomic E-state index is 0. The minimum atomic E-state index is -0.160. The Kier molecular flexibility index (Phi) is 6.42.